The molecular weight excluding hydrogens is 395 g/mol. The standard InChI is InChI=1S/C21H25FN2O4S/c1-3-20(28-18-8-6-17(22)7-9-18)21(25)23-12-14-24(15-13-23)29(26,27)19-10-4-16(2)5-11-19/h4-11,20H,3,12-15H2,1-2H3. The van der Waals surface area contributed by atoms with Gasteiger partial charge in [0.25, 0.3) is 5.91 Å². The van der Waals surface area contributed by atoms with Gasteiger partial charge in [0.15, 0.2) is 6.10 Å². The highest BCUT2D eigenvalue weighted by atomic mass is 32.2. The van der Waals surface area contributed by atoms with Gasteiger partial charge in [0.05, 0.1) is 4.90 Å². The number of carbonyl (C=O) groups excluding carboxylic acids is 1. The van der Waals surface area contributed by atoms with E-state index < -0.39 is 16.1 Å². The van der Waals surface area contributed by atoms with Gasteiger partial charge >= 0.3 is 0 Å². The summed E-state index contributed by atoms with van der Waals surface area (Å²) in [5.74, 6) is -0.140. The molecule has 0 aromatic heterocycles. The Morgan fingerprint density at radius 1 is 1.03 bits per heavy atom. The Morgan fingerprint density at radius 3 is 2.17 bits per heavy atom. The van der Waals surface area contributed by atoms with Gasteiger partial charge in [-0.2, -0.15) is 4.31 Å². The minimum Gasteiger partial charge on any atom is -0.481 e. The number of carbonyl (C=O) groups is 1. The van der Waals surface area contributed by atoms with Crippen molar-refractivity contribution in [3.05, 3.63) is 59.9 Å². The molecule has 0 N–H and O–H groups in total. The Labute approximate surface area is 170 Å². The van der Waals surface area contributed by atoms with Crippen molar-refractivity contribution in [1.29, 1.82) is 0 Å². The van der Waals surface area contributed by atoms with E-state index in [0.29, 0.717) is 25.3 Å². The molecule has 1 amide bonds. The highest BCUT2D eigenvalue weighted by Gasteiger charge is 2.32. The molecule has 0 saturated carbocycles. The summed E-state index contributed by atoms with van der Waals surface area (Å²) in [7, 11) is -3.58. The number of amides is 1. The van der Waals surface area contributed by atoms with Crippen LogP contribution in [0.5, 0.6) is 5.75 Å². The van der Waals surface area contributed by atoms with Gasteiger partial charge in [0.2, 0.25) is 10.0 Å². The van der Waals surface area contributed by atoms with Crippen molar-refractivity contribution < 1.29 is 22.3 Å². The maximum atomic E-state index is 13.0. The third-order valence-electron chi connectivity index (χ3n) is 4.95. The van der Waals surface area contributed by atoms with Crippen LogP contribution in [0.25, 0.3) is 0 Å². The average Bonchev–Trinajstić information content (AvgIpc) is 2.73. The summed E-state index contributed by atoms with van der Waals surface area (Å²) in [6, 6.07) is 12.3. The Balaban J connectivity index is 1.62. The number of sulfonamides is 1. The minimum absolute atomic E-state index is 0.191. The summed E-state index contributed by atoms with van der Waals surface area (Å²) in [6.07, 6.45) is -0.237. The zero-order chi connectivity index (χ0) is 21.0. The van der Waals surface area contributed by atoms with Crippen molar-refractivity contribution in [3.63, 3.8) is 0 Å². The van der Waals surface area contributed by atoms with Gasteiger partial charge in [-0.25, -0.2) is 12.8 Å². The average molecular weight is 421 g/mol. The topological polar surface area (TPSA) is 66.9 Å². The number of nitrogens with zero attached hydrogens (tertiary/aromatic N) is 2. The molecule has 0 radical (unpaired) electrons. The second-order valence-electron chi connectivity index (χ2n) is 7.01. The lowest BCUT2D eigenvalue weighted by Crippen LogP contribution is -2.53. The van der Waals surface area contributed by atoms with E-state index in [-0.39, 0.29) is 29.7 Å². The van der Waals surface area contributed by atoms with Crippen molar-refractivity contribution in [2.75, 3.05) is 26.2 Å². The third-order valence-corrected chi connectivity index (χ3v) is 6.86. The molecule has 1 heterocycles. The molecule has 1 unspecified atom stereocenters. The van der Waals surface area contributed by atoms with Crippen LogP contribution in [0.3, 0.4) is 0 Å². The quantitative estimate of drug-likeness (QED) is 0.721. The zero-order valence-corrected chi connectivity index (χ0v) is 17.4. The fourth-order valence-corrected chi connectivity index (χ4v) is 4.62. The zero-order valence-electron chi connectivity index (χ0n) is 16.5. The van der Waals surface area contributed by atoms with E-state index in [0.717, 1.165) is 5.56 Å². The van der Waals surface area contributed by atoms with Gasteiger partial charge in [-0.3, -0.25) is 4.79 Å². The van der Waals surface area contributed by atoms with E-state index in [9.17, 15) is 17.6 Å². The van der Waals surface area contributed by atoms with Crippen molar-refractivity contribution in [3.8, 4) is 5.75 Å². The Morgan fingerprint density at radius 2 is 1.62 bits per heavy atom. The predicted octanol–water partition coefficient (Wildman–Crippen LogP) is 2.82. The van der Waals surface area contributed by atoms with Gasteiger partial charge in [0, 0.05) is 26.2 Å². The van der Waals surface area contributed by atoms with Crippen LogP contribution in [0, 0.1) is 12.7 Å². The Hall–Kier alpha value is -2.45. The SMILES string of the molecule is CCC(Oc1ccc(F)cc1)C(=O)N1CCN(S(=O)(=O)c2ccc(C)cc2)CC1. The van der Waals surface area contributed by atoms with E-state index in [1.165, 1.54) is 28.6 Å². The molecule has 0 bridgehead atoms. The first kappa shape index (κ1) is 21.3. The lowest BCUT2D eigenvalue weighted by atomic mass is 10.2. The van der Waals surface area contributed by atoms with E-state index in [1.54, 1.807) is 29.2 Å². The number of ether oxygens (including phenoxy) is 1. The monoisotopic (exact) mass is 420 g/mol. The highest BCUT2D eigenvalue weighted by Crippen LogP contribution is 2.20. The smallest absolute Gasteiger partial charge is 0.263 e. The van der Waals surface area contributed by atoms with Crippen LogP contribution in [0.4, 0.5) is 4.39 Å². The lowest BCUT2D eigenvalue weighted by molar-refractivity contribution is -0.140. The molecule has 1 saturated heterocycles. The van der Waals surface area contributed by atoms with Crippen LogP contribution < -0.4 is 4.74 Å². The van der Waals surface area contributed by atoms with Crippen LogP contribution in [0.1, 0.15) is 18.9 Å². The van der Waals surface area contributed by atoms with Crippen LogP contribution in [0.2, 0.25) is 0 Å². The van der Waals surface area contributed by atoms with Crippen molar-refractivity contribution in [2.45, 2.75) is 31.3 Å². The molecule has 1 atom stereocenters. The van der Waals surface area contributed by atoms with Gasteiger partial charge in [0.1, 0.15) is 11.6 Å². The van der Waals surface area contributed by atoms with Gasteiger partial charge in [-0.05, 0) is 49.7 Å². The maximum Gasteiger partial charge on any atom is 0.263 e. The molecule has 1 fully saturated rings. The maximum absolute atomic E-state index is 13.0. The fraction of sp³-hybridized carbons (Fsp3) is 0.381. The minimum atomic E-state index is -3.58. The number of hydrogen-bond donors (Lipinski definition) is 0. The number of rotatable bonds is 6. The van der Waals surface area contributed by atoms with Crippen molar-refractivity contribution >= 4 is 15.9 Å². The first-order chi connectivity index (χ1) is 13.8. The summed E-state index contributed by atoms with van der Waals surface area (Å²) in [5.41, 5.74) is 0.992. The van der Waals surface area contributed by atoms with Gasteiger partial charge in [-0.1, -0.05) is 24.6 Å². The number of halogens is 1. The van der Waals surface area contributed by atoms with E-state index in [4.69, 9.17) is 4.74 Å². The second kappa shape index (κ2) is 8.92. The predicted molar refractivity (Wildman–Crippen MR) is 108 cm³/mol. The number of hydrogen-bond acceptors (Lipinski definition) is 4. The normalized spacial score (nSPS) is 16.4. The molecule has 3 rings (SSSR count). The van der Waals surface area contributed by atoms with Gasteiger partial charge < -0.3 is 9.64 Å². The van der Waals surface area contributed by atoms with E-state index >= 15 is 0 Å². The number of aryl methyl sites for hydroxylation is 1. The van der Waals surface area contributed by atoms with Crippen LogP contribution in [-0.4, -0.2) is 55.8 Å². The summed E-state index contributed by atoms with van der Waals surface area (Å²) in [6.45, 7) is 4.80. The second-order valence-corrected chi connectivity index (χ2v) is 8.95. The third kappa shape index (κ3) is 4.94. The Bertz CT molecular complexity index is 938. The molecule has 2 aromatic rings. The summed E-state index contributed by atoms with van der Waals surface area (Å²) in [5, 5.41) is 0. The first-order valence-corrected chi connectivity index (χ1v) is 11.0. The summed E-state index contributed by atoms with van der Waals surface area (Å²) >= 11 is 0. The van der Waals surface area contributed by atoms with Crippen LogP contribution >= 0.6 is 0 Å². The molecule has 2 aromatic carbocycles. The molecule has 0 aliphatic carbocycles. The molecule has 0 spiro atoms. The highest BCUT2D eigenvalue weighted by molar-refractivity contribution is 7.89. The van der Waals surface area contributed by atoms with E-state index in [1.807, 2.05) is 13.8 Å². The summed E-state index contributed by atoms with van der Waals surface area (Å²) < 4.78 is 45.8. The van der Waals surface area contributed by atoms with Crippen molar-refractivity contribution in [1.82, 2.24) is 9.21 Å². The molecule has 6 nitrogen and oxygen atoms in total. The largest absolute Gasteiger partial charge is 0.481 e. The van der Waals surface area contributed by atoms with Gasteiger partial charge in [-0.15, -0.1) is 0 Å². The molecule has 1 aliphatic rings. The lowest BCUT2D eigenvalue weighted by Gasteiger charge is -2.35. The molecule has 156 valence electrons. The first-order valence-electron chi connectivity index (χ1n) is 9.59. The number of piperazine rings is 1. The van der Waals surface area contributed by atoms with Crippen LogP contribution in [0.15, 0.2) is 53.4 Å². The van der Waals surface area contributed by atoms with Crippen LogP contribution in [-0.2, 0) is 14.8 Å². The molecule has 29 heavy (non-hydrogen) atoms. The summed E-state index contributed by atoms with van der Waals surface area (Å²) in [4.78, 5) is 14.7. The van der Waals surface area contributed by atoms with E-state index in [2.05, 4.69) is 0 Å². The number of benzene rings is 2. The Kier molecular flexibility index (Phi) is 6.54. The molecular formula is C21H25FN2O4S. The molecule has 1 aliphatic heterocycles. The van der Waals surface area contributed by atoms with Crippen molar-refractivity contribution in [2.24, 2.45) is 0 Å². The molecule has 8 heteroatoms. The fourth-order valence-electron chi connectivity index (χ4n) is 3.20.